The van der Waals surface area contributed by atoms with Crippen LogP contribution in [0.4, 0.5) is 9.59 Å². The van der Waals surface area contributed by atoms with Gasteiger partial charge in [-0.2, -0.15) is 5.26 Å². The Hall–Kier alpha value is -4.34. The van der Waals surface area contributed by atoms with Crippen molar-refractivity contribution >= 4 is 18.0 Å². The number of oxime groups is 1. The van der Waals surface area contributed by atoms with Gasteiger partial charge in [-0.15, -0.1) is 0 Å². The largest absolute Gasteiger partial charge is 0.448 e. The molecule has 6 unspecified atom stereocenters. The molecule has 6 N–H and O–H groups in total. The maximum Gasteiger partial charge on any atom is 0.429 e. The second kappa shape index (κ2) is 16.8. The number of carbonyl (C=O) groups is 2. The lowest BCUT2D eigenvalue weighted by molar-refractivity contribution is 0.0406. The summed E-state index contributed by atoms with van der Waals surface area (Å²) in [7, 11) is 0. The Bertz CT molecular complexity index is 1340. The molecule has 0 aromatic heterocycles. The number of hydrazine groups is 1. The summed E-state index contributed by atoms with van der Waals surface area (Å²) in [5.41, 5.74) is 9.38. The van der Waals surface area contributed by atoms with E-state index in [1.165, 1.54) is 0 Å². The van der Waals surface area contributed by atoms with E-state index in [2.05, 4.69) is 16.7 Å². The summed E-state index contributed by atoms with van der Waals surface area (Å²) in [6, 6.07) is 21.2. The number of amides is 2. The molecule has 2 aliphatic rings. The standard InChI is InChI=1S/C34H45N5O7/c35-23-34(14-13-27(17-34)20-41)29(16-24-7-3-1-4-8-24)21-46-33(43)39(18-25-9-5-2-6-10-25)37-32(42)45-22-30(31(36)38-44)28-12-11-26(15-28)19-40/h1-10,26-30,40-41,44H,11-22H2,(H2,36,38)(H,37,42). The molecule has 0 spiro atoms. The summed E-state index contributed by atoms with van der Waals surface area (Å²) in [5.74, 6) is -0.899. The highest BCUT2D eigenvalue weighted by Gasteiger charge is 2.46. The normalized spacial score (nSPS) is 24.0. The van der Waals surface area contributed by atoms with Crippen LogP contribution in [0.3, 0.4) is 0 Å². The third-order valence-electron chi connectivity index (χ3n) is 9.58. The number of ether oxygens (including phenoxy) is 2. The predicted molar refractivity (Wildman–Crippen MR) is 169 cm³/mol. The zero-order chi connectivity index (χ0) is 32.9. The fourth-order valence-electron chi connectivity index (χ4n) is 6.87. The maximum atomic E-state index is 13.6. The first-order valence-electron chi connectivity index (χ1n) is 15.9. The van der Waals surface area contributed by atoms with Gasteiger partial charge < -0.3 is 30.6 Å². The molecule has 2 aliphatic carbocycles. The second-order valence-electron chi connectivity index (χ2n) is 12.6. The van der Waals surface area contributed by atoms with Crippen LogP contribution in [0.1, 0.15) is 49.7 Å². The molecular weight excluding hydrogens is 590 g/mol. The van der Waals surface area contributed by atoms with Crippen LogP contribution in [0.15, 0.2) is 65.8 Å². The van der Waals surface area contributed by atoms with Crippen molar-refractivity contribution in [3.63, 3.8) is 0 Å². The lowest BCUT2D eigenvalue weighted by Gasteiger charge is -2.32. The number of amidine groups is 1. The minimum Gasteiger partial charge on any atom is -0.448 e. The molecule has 248 valence electrons. The van der Waals surface area contributed by atoms with E-state index in [1.807, 2.05) is 48.5 Å². The lowest BCUT2D eigenvalue weighted by atomic mass is 9.72. The van der Waals surface area contributed by atoms with Crippen LogP contribution in [-0.4, -0.2) is 64.9 Å². The van der Waals surface area contributed by atoms with Crippen molar-refractivity contribution in [1.29, 1.82) is 5.26 Å². The van der Waals surface area contributed by atoms with E-state index in [0.29, 0.717) is 32.1 Å². The monoisotopic (exact) mass is 635 g/mol. The molecule has 6 atom stereocenters. The van der Waals surface area contributed by atoms with E-state index < -0.39 is 23.5 Å². The summed E-state index contributed by atoms with van der Waals surface area (Å²) in [6.45, 7) is -0.230. The van der Waals surface area contributed by atoms with Crippen molar-refractivity contribution in [3.8, 4) is 6.07 Å². The third kappa shape index (κ3) is 9.11. The number of nitrogens with two attached hydrogens (primary N) is 1. The summed E-state index contributed by atoms with van der Waals surface area (Å²) in [4.78, 5) is 26.6. The average Bonchev–Trinajstić information content (AvgIpc) is 3.75. The zero-order valence-corrected chi connectivity index (χ0v) is 26.0. The molecule has 2 fully saturated rings. The fourth-order valence-corrected chi connectivity index (χ4v) is 6.87. The highest BCUT2D eigenvalue weighted by atomic mass is 16.6. The summed E-state index contributed by atoms with van der Waals surface area (Å²) in [6.07, 6.45) is 2.75. The Morgan fingerprint density at radius 3 is 2.26 bits per heavy atom. The molecule has 0 aliphatic heterocycles. The third-order valence-corrected chi connectivity index (χ3v) is 9.58. The second-order valence-corrected chi connectivity index (χ2v) is 12.6. The minimum absolute atomic E-state index is 0.00239. The van der Waals surface area contributed by atoms with Crippen LogP contribution >= 0.6 is 0 Å². The van der Waals surface area contributed by atoms with Crippen molar-refractivity contribution in [2.75, 3.05) is 26.4 Å². The van der Waals surface area contributed by atoms with Crippen LogP contribution in [0.25, 0.3) is 0 Å². The molecule has 12 heteroatoms. The van der Waals surface area contributed by atoms with E-state index in [-0.39, 0.29) is 62.5 Å². The number of hydrogen-bond donors (Lipinski definition) is 5. The molecule has 2 aromatic carbocycles. The molecule has 0 saturated heterocycles. The molecule has 4 rings (SSSR count). The number of benzene rings is 2. The molecule has 12 nitrogen and oxygen atoms in total. The van der Waals surface area contributed by atoms with Gasteiger partial charge in [0.2, 0.25) is 0 Å². The van der Waals surface area contributed by atoms with Crippen molar-refractivity contribution in [2.45, 2.75) is 51.5 Å². The van der Waals surface area contributed by atoms with Crippen LogP contribution in [-0.2, 0) is 22.4 Å². The first-order valence-corrected chi connectivity index (χ1v) is 15.9. The van der Waals surface area contributed by atoms with Gasteiger partial charge in [-0.1, -0.05) is 65.8 Å². The topological polar surface area (TPSA) is 191 Å². The number of carbonyl (C=O) groups excluding carboxylic acids is 2. The average molecular weight is 636 g/mol. The van der Waals surface area contributed by atoms with Gasteiger partial charge in [-0.25, -0.2) is 20.0 Å². The highest BCUT2D eigenvalue weighted by Crippen LogP contribution is 2.48. The maximum absolute atomic E-state index is 13.6. The number of nitrogens with zero attached hydrogens (tertiary/aromatic N) is 3. The molecular formula is C34H45N5O7. The van der Waals surface area contributed by atoms with Crippen LogP contribution in [0, 0.1) is 46.3 Å². The van der Waals surface area contributed by atoms with Gasteiger partial charge in [0.25, 0.3) is 0 Å². The number of rotatable bonds is 13. The summed E-state index contributed by atoms with van der Waals surface area (Å²) in [5, 5.41) is 43.2. The lowest BCUT2D eigenvalue weighted by Crippen LogP contribution is -2.47. The van der Waals surface area contributed by atoms with E-state index in [4.69, 9.17) is 15.2 Å². The van der Waals surface area contributed by atoms with Crippen LogP contribution < -0.4 is 11.2 Å². The SMILES string of the molecule is N#CC1(C(COC(=O)N(Cc2ccccc2)NC(=O)OCC(/C(N)=N/O)C2CCC(CO)C2)Cc2ccccc2)CCC(CO)C1. The van der Waals surface area contributed by atoms with Gasteiger partial charge in [-0.3, -0.25) is 0 Å². The molecule has 0 heterocycles. The first-order chi connectivity index (χ1) is 22.3. The van der Waals surface area contributed by atoms with E-state index in [9.17, 15) is 30.3 Å². The Kier molecular flexibility index (Phi) is 12.6. The van der Waals surface area contributed by atoms with Gasteiger partial charge in [-0.05, 0) is 73.8 Å². The Labute approximate surface area is 269 Å². The van der Waals surface area contributed by atoms with Crippen molar-refractivity contribution in [1.82, 2.24) is 10.4 Å². The number of hydrogen-bond acceptors (Lipinski definition) is 9. The quantitative estimate of drug-likeness (QED) is 0.0929. The van der Waals surface area contributed by atoms with Crippen molar-refractivity contribution in [3.05, 3.63) is 71.8 Å². The molecule has 2 aromatic rings. The highest BCUT2D eigenvalue weighted by molar-refractivity contribution is 5.83. The van der Waals surface area contributed by atoms with Gasteiger partial charge in [0.05, 0.1) is 30.6 Å². The zero-order valence-electron chi connectivity index (χ0n) is 26.0. The van der Waals surface area contributed by atoms with E-state index in [0.717, 1.165) is 29.0 Å². The van der Waals surface area contributed by atoms with Crippen LogP contribution in [0.5, 0.6) is 0 Å². The summed E-state index contributed by atoms with van der Waals surface area (Å²) >= 11 is 0. The van der Waals surface area contributed by atoms with Gasteiger partial charge in [0.15, 0.2) is 0 Å². The van der Waals surface area contributed by atoms with Gasteiger partial charge in [0, 0.05) is 19.1 Å². The van der Waals surface area contributed by atoms with Crippen LogP contribution in [0.2, 0.25) is 0 Å². The molecule has 2 saturated carbocycles. The number of aliphatic hydroxyl groups excluding tert-OH is 2. The molecule has 0 radical (unpaired) electrons. The van der Waals surface area contributed by atoms with E-state index in [1.54, 1.807) is 12.1 Å². The Morgan fingerprint density at radius 1 is 1.00 bits per heavy atom. The minimum atomic E-state index is -0.920. The first kappa shape index (κ1) is 34.5. The summed E-state index contributed by atoms with van der Waals surface area (Å²) < 4.78 is 11.3. The van der Waals surface area contributed by atoms with E-state index >= 15 is 0 Å². The van der Waals surface area contributed by atoms with Gasteiger partial charge in [0.1, 0.15) is 12.4 Å². The number of aliphatic hydroxyl groups is 2. The Balaban J connectivity index is 1.46. The molecule has 46 heavy (non-hydrogen) atoms. The number of nitrogens with one attached hydrogen (secondary N) is 1. The molecule has 2 amide bonds. The predicted octanol–water partition coefficient (Wildman–Crippen LogP) is 4.20. The van der Waals surface area contributed by atoms with Gasteiger partial charge >= 0.3 is 12.2 Å². The fraction of sp³-hybridized carbons (Fsp3) is 0.529. The van der Waals surface area contributed by atoms with Crippen molar-refractivity contribution < 1.29 is 34.5 Å². The van der Waals surface area contributed by atoms with Crippen molar-refractivity contribution in [2.24, 2.45) is 45.9 Å². The molecule has 0 bridgehead atoms. The number of nitriles is 1. The smallest absolute Gasteiger partial charge is 0.429 e. The Morgan fingerprint density at radius 2 is 1.67 bits per heavy atom.